The lowest BCUT2D eigenvalue weighted by Crippen LogP contribution is -2.58. The van der Waals surface area contributed by atoms with Crippen LogP contribution < -0.4 is 5.32 Å². The van der Waals surface area contributed by atoms with Gasteiger partial charge in [-0.15, -0.1) is 0 Å². The van der Waals surface area contributed by atoms with Crippen molar-refractivity contribution < 1.29 is 33.0 Å². The maximum atomic E-state index is 13.3. The molecule has 3 aliphatic rings. The first-order valence-electron chi connectivity index (χ1n) is 11.8. The number of halogens is 2. The number of hydrogen-bond donors (Lipinski definition) is 2. The van der Waals surface area contributed by atoms with Gasteiger partial charge in [0.05, 0.1) is 0 Å². The summed E-state index contributed by atoms with van der Waals surface area (Å²) in [5.74, 6) is -2.34. The van der Waals surface area contributed by atoms with Gasteiger partial charge >= 0.3 is 12.1 Å². The van der Waals surface area contributed by atoms with Crippen molar-refractivity contribution in [2.24, 2.45) is 5.92 Å². The lowest BCUT2D eigenvalue weighted by atomic mass is 9.98. The largest absolute Gasteiger partial charge is 0.479 e. The molecule has 2 aliphatic carbocycles. The van der Waals surface area contributed by atoms with E-state index in [1.165, 1.54) is 4.90 Å². The number of carbonyl (C=O) groups is 3. The van der Waals surface area contributed by atoms with Crippen LogP contribution in [0.3, 0.4) is 0 Å². The molecule has 2 aromatic carbocycles. The molecule has 1 saturated heterocycles. The van der Waals surface area contributed by atoms with E-state index in [4.69, 9.17) is 4.74 Å². The van der Waals surface area contributed by atoms with E-state index >= 15 is 0 Å². The zero-order chi connectivity index (χ0) is 24.7. The van der Waals surface area contributed by atoms with Gasteiger partial charge in [-0.3, -0.25) is 4.79 Å². The molecule has 0 aromatic heterocycles. The highest BCUT2D eigenvalue weighted by molar-refractivity contribution is 5.94. The van der Waals surface area contributed by atoms with E-state index in [0.717, 1.165) is 22.3 Å². The van der Waals surface area contributed by atoms with E-state index in [-0.39, 0.29) is 25.0 Å². The molecule has 1 heterocycles. The molecule has 9 heteroatoms. The van der Waals surface area contributed by atoms with Crippen molar-refractivity contribution in [3.05, 3.63) is 59.7 Å². The highest BCUT2D eigenvalue weighted by atomic mass is 19.3. The zero-order valence-corrected chi connectivity index (χ0v) is 19.0. The lowest BCUT2D eigenvalue weighted by Gasteiger charge is -2.36. The fourth-order valence-electron chi connectivity index (χ4n) is 5.74. The Hall–Kier alpha value is -3.49. The number of hydrogen-bond acceptors (Lipinski definition) is 4. The quantitative estimate of drug-likeness (QED) is 0.619. The third-order valence-electron chi connectivity index (χ3n) is 7.47. The number of carbonyl (C=O) groups excluding carboxylic acids is 2. The Morgan fingerprint density at radius 3 is 2.31 bits per heavy atom. The van der Waals surface area contributed by atoms with E-state index in [1.807, 2.05) is 48.5 Å². The van der Waals surface area contributed by atoms with Gasteiger partial charge in [0, 0.05) is 18.9 Å². The molecular weight excluding hydrogens is 458 g/mol. The van der Waals surface area contributed by atoms with Gasteiger partial charge in [-0.25, -0.2) is 18.4 Å². The van der Waals surface area contributed by atoms with Crippen molar-refractivity contribution in [2.45, 2.75) is 49.6 Å². The molecule has 3 atom stereocenters. The monoisotopic (exact) mass is 484 g/mol. The second-order valence-electron chi connectivity index (χ2n) is 9.41. The maximum Gasteiger partial charge on any atom is 0.407 e. The van der Waals surface area contributed by atoms with Gasteiger partial charge in [0.1, 0.15) is 18.2 Å². The fraction of sp³-hybridized carbons (Fsp3) is 0.423. The lowest BCUT2D eigenvalue weighted by molar-refractivity contribution is -0.155. The molecule has 184 valence electrons. The van der Waals surface area contributed by atoms with Crippen LogP contribution in [0.15, 0.2) is 48.5 Å². The topological polar surface area (TPSA) is 95.9 Å². The number of carboxylic acid groups (broad SMARTS) is 1. The summed E-state index contributed by atoms with van der Waals surface area (Å²) < 4.78 is 32.0. The molecule has 0 radical (unpaired) electrons. The van der Waals surface area contributed by atoms with Crippen LogP contribution in [0.5, 0.6) is 0 Å². The van der Waals surface area contributed by atoms with Crippen molar-refractivity contribution in [3.63, 3.8) is 0 Å². The Bertz CT molecular complexity index is 1130. The number of piperidine rings is 1. The molecule has 5 rings (SSSR count). The molecule has 2 aromatic rings. The molecule has 0 spiro atoms. The molecule has 7 nitrogen and oxygen atoms in total. The molecule has 0 bridgehead atoms. The minimum absolute atomic E-state index is 0.0275. The Labute approximate surface area is 201 Å². The van der Waals surface area contributed by atoms with Crippen LogP contribution in [0.25, 0.3) is 11.1 Å². The third kappa shape index (κ3) is 4.02. The predicted octanol–water partition coefficient (Wildman–Crippen LogP) is 4.01. The van der Waals surface area contributed by atoms with E-state index < -0.39 is 42.4 Å². The first-order valence-corrected chi connectivity index (χ1v) is 11.8. The van der Waals surface area contributed by atoms with E-state index in [9.17, 15) is 28.3 Å². The third-order valence-corrected chi connectivity index (χ3v) is 7.47. The maximum absolute atomic E-state index is 13.3. The summed E-state index contributed by atoms with van der Waals surface area (Å²) in [6.07, 6.45) is -3.19. The highest BCUT2D eigenvalue weighted by Gasteiger charge is 2.67. The second kappa shape index (κ2) is 8.94. The Kier molecular flexibility index (Phi) is 5.94. The normalized spacial score (nSPS) is 23.2. The van der Waals surface area contributed by atoms with Gasteiger partial charge in [-0.2, -0.15) is 0 Å². The second-order valence-corrected chi connectivity index (χ2v) is 9.41. The molecule has 2 amide bonds. The smallest absolute Gasteiger partial charge is 0.407 e. The molecule has 1 saturated carbocycles. The number of aliphatic carboxylic acids is 1. The number of nitrogens with zero attached hydrogens (tertiary/aromatic N) is 1. The summed E-state index contributed by atoms with van der Waals surface area (Å²) in [5.41, 5.74) is 2.74. The van der Waals surface area contributed by atoms with Crippen molar-refractivity contribution >= 4 is 18.0 Å². The minimum Gasteiger partial charge on any atom is -0.479 e. The first kappa shape index (κ1) is 23.3. The van der Waals surface area contributed by atoms with Crippen LogP contribution in [0.4, 0.5) is 13.6 Å². The predicted molar refractivity (Wildman–Crippen MR) is 122 cm³/mol. The van der Waals surface area contributed by atoms with Crippen LogP contribution in [0, 0.1) is 5.92 Å². The number of ether oxygens (including phenoxy) is 1. The SMILES string of the molecule is O=C(NC(CC(F)F)C(=O)N1CCC[C@@H]2C[C@@]21C(=O)O)OCC1c2ccccc2-c2ccccc21. The van der Waals surface area contributed by atoms with Gasteiger partial charge in [0.25, 0.3) is 0 Å². The Balaban J connectivity index is 1.29. The van der Waals surface area contributed by atoms with Crippen molar-refractivity contribution in [1.29, 1.82) is 0 Å². The van der Waals surface area contributed by atoms with E-state index in [2.05, 4.69) is 5.32 Å². The summed E-state index contributed by atoms with van der Waals surface area (Å²) in [7, 11) is 0. The van der Waals surface area contributed by atoms with Gasteiger partial charge in [0.15, 0.2) is 0 Å². The Morgan fingerprint density at radius 2 is 1.71 bits per heavy atom. The average Bonchev–Trinajstić information content (AvgIpc) is 3.53. The number of fused-ring (bicyclic) bond motifs is 4. The number of alkyl halides is 2. The van der Waals surface area contributed by atoms with Gasteiger partial charge in [-0.1, -0.05) is 48.5 Å². The number of nitrogens with one attached hydrogen (secondary N) is 1. The standard InChI is InChI=1S/C26H26F2N2O5/c27-22(28)12-21(23(31)30-11-5-6-15-13-26(15,30)24(32)33)29-25(34)35-14-20-18-9-3-1-7-16(18)17-8-2-4-10-19(17)20/h1-4,7-10,15,20-22H,5-6,11-14H2,(H,29,34)(H,32,33)/t15-,21?,26+/m1/s1. The number of alkyl carbamates (subject to hydrolysis) is 1. The fourth-order valence-corrected chi connectivity index (χ4v) is 5.74. The van der Waals surface area contributed by atoms with Crippen LogP contribution in [0.2, 0.25) is 0 Å². The summed E-state index contributed by atoms with van der Waals surface area (Å²) in [6.45, 7) is 0.133. The number of benzene rings is 2. The van der Waals surface area contributed by atoms with Crippen molar-refractivity contribution in [2.75, 3.05) is 13.2 Å². The van der Waals surface area contributed by atoms with Crippen LogP contribution in [0.1, 0.15) is 42.7 Å². The van der Waals surface area contributed by atoms with Crippen LogP contribution >= 0.6 is 0 Å². The zero-order valence-electron chi connectivity index (χ0n) is 19.0. The van der Waals surface area contributed by atoms with Crippen LogP contribution in [-0.2, 0) is 14.3 Å². The minimum atomic E-state index is -2.86. The van der Waals surface area contributed by atoms with E-state index in [1.54, 1.807) is 0 Å². The van der Waals surface area contributed by atoms with E-state index in [0.29, 0.717) is 19.3 Å². The van der Waals surface area contributed by atoms with Gasteiger partial charge < -0.3 is 20.1 Å². The highest BCUT2D eigenvalue weighted by Crippen LogP contribution is 2.54. The summed E-state index contributed by atoms with van der Waals surface area (Å²) in [4.78, 5) is 38.9. The number of carboxylic acids is 1. The summed E-state index contributed by atoms with van der Waals surface area (Å²) in [5, 5.41) is 12.0. The van der Waals surface area contributed by atoms with Gasteiger partial charge in [-0.05, 0) is 47.4 Å². The van der Waals surface area contributed by atoms with Crippen molar-refractivity contribution in [3.8, 4) is 11.1 Å². The first-order chi connectivity index (χ1) is 16.8. The molecule has 35 heavy (non-hydrogen) atoms. The molecule has 2 N–H and O–H groups in total. The summed E-state index contributed by atoms with van der Waals surface area (Å²) in [6, 6.07) is 14.0. The molecule has 1 unspecified atom stereocenters. The molecule has 1 aliphatic heterocycles. The number of rotatable bonds is 7. The van der Waals surface area contributed by atoms with Gasteiger partial charge in [0.2, 0.25) is 12.3 Å². The van der Waals surface area contributed by atoms with Crippen LogP contribution in [-0.4, -0.2) is 59.1 Å². The number of amides is 2. The number of likely N-dealkylation sites (tertiary alicyclic amines) is 1. The molecular formula is C26H26F2N2O5. The average molecular weight is 484 g/mol. The summed E-state index contributed by atoms with van der Waals surface area (Å²) >= 11 is 0. The van der Waals surface area contributed by atoms with Crippen molar-refractivity contribution in [1.82, 2.24) is 10.2 Å². The molecule has 2 fully saturated rings. The Morgan fingerprint density at radius 1 is 1.09 bits per heavy atom.